The van der Waals surface area contributed by atoms with Crippen LogP contribution in [0.4, 0.5) is 0 Å². The van der Waals surface area contributed by atoms with Crippen LogP contribution < -0.4 is 0 Å². The lowest BCUT2D eigenvalue weighted by Gasteiger charge is -2.35. The monoisotopic (exact) mass is 257 g/mol. The minimum atomic E-state index is 0.281. The number of nitrogens with zero attached hydrogens (tertiary/aromatic N) is 1. The number of rotatable bonds is 1. The fourth-order valence-electron chi connectivity index (χ4n) is 2.79. The Balaban J connectivity index is 2.14. The van der Waals surface area contributed by atoms with Crippen molar-refractivity contribution in [3.05, 3.63) is 70.2 Å². The van der Waals surface area contributed by atoms with Crippen LogP contribution in [0.1, 0.15) is 22.7 Å². The van der Waals surface area contributed by atoms with Gasteiger partial charge in [-0.2, -0.15) is 0 Å². The van der Waals surface area contributed by atoms with Gasteiger partial charge in [-0.3, -0.25) is 4.90 Å². The van der Waals surface area contributed by atoms with Crippen molar-refractivity contribution < 1.29 is 0 Å². The summed E-state index contributed by atoms with van der Waals surface area (Å²) in [5, 5.41) is 0.853. The molecule has 0 bridgehead atoms. The molecule has 3 rings (SSSR count). The highest BCUT2D eigenvalue weighted by molar-refractivity contribution is 6.31. The molecule has 0 amide bonds. The third kappa shape index (κ3) is 1.94. The second-order valence-corrected chi connectivity index (χ2v) is 5.26. The molecule has 1 heterocycles. The molecular weight excluding hydrogens is 242 g/mol. The van der Waals surface area contributed by atoms with Crippen LogP contribution >= 0.6 is 11.6 Å². The molecule has 0 spiro atoms. The predicted molar refractivity (Wildman–Crippen MR) is 76.1 cm³/mol. The Morgan fingerprint density at radius 2 is 1.67 bits per heavy atom. The van der Waals surface area contributed by atoms with E-state index >= 15 is 0 Å². The zero-order chi connectivity index (χ0) is 12.5. The minimum absolute atomic E-state index is 0.281. The Hall–Kier alpha value is -1.31. The number of benzene rings is 2. The molecule has 1 unspecified atom stereocenters. The molecule has 1 nitrogen and oxygen atoms in total. The number of likely N-dealkylation sites (N-methyl/N-ethyl adjacent to an activating group) is 1. The summed E-state index contributed by atoms with van der Waals surface area (Å²) in [5.41, 5.74) is 4.04. The minimum Gasteiger partial charge on any atom is -0.295 e. The molecular formula is C16H16ClN. The lowest BCUT2D eigenvalue weighted by Crippen LogP contribution is -2.32. The predicted octanol–water partition coefficient (Wildman–Crippen LogP) is 3.92. The fourth-order valence-corrected chi connectivity index (χ4v) is 3.03. The SMILES string of the molecule is CN1CCc2ccccc2C1c1ccccc1Cl. The molecule has 1 aliphatic heterocycles. The van der Waals surface area contributed by atoms with Gasteiger partial charge in [-0.25, -0.2) is 0 Å². The third-order valence-corrected chi connectivity index (χ3v) is 4.07. The first kappa shape index (κ1) is 11.8. The molecule has 0 fully saturated rings. The van der Waals surface area contributed by atoms with E-state index in [1.807, 2.05) is 12.1 Å². The van der Waals surface area contributed by atoms with Crippen LogP contribution in [0.2, 0.25) is 5.02 Å². The highest BCUT2D eigenvalue weighted by Gasteiger charge is 2.26. The smallest absolute Gasteiger partial charge is 0.0616 e. The van der Waals surface area contributed by atoms with Gasteiger partial charge >= 0.3 is 0 Å². The summed E-state index contributed by atoms with van der Waals surface area (Å²) < 4.78 is 0. The van der Waals surface area contributed by atoms with E-state index in [1.54, 1.807) is 0 Å². The van der Waals surface area contributed by atoms with Crippen molar-refractivity contribution in [3.8, 4) is 0 Å². The van der Waals surface area contributed by atoms with Crippen LogP contribution in [0, 0.1) is 0 Å². The largest absolute Gasteiger partial charge is 0.295 e. The van der Waals surface area contributed by atoms with Gasteiger partial charge in [-0.15, -0.1) is 0 Å². The van der Waals surface area contributed by atoms with Crippen molar-refractivity contribution in [1.82, 2.24) is 4.90 Å². The maximum atomic E-state index is 6.36. The second-order valence-electron chi connectivity index (χ2n) is 4.85. The van der Waals surface area contributed by atoms with E-state index in [9.17, 15) is 0 Å². The van der Waals surface area contributed by atoms with E-state index in [1.165, 1.54) is 16.7 Å². The molecule has 0 N–H and O–H groups in total. The van der Waals surface area contributed by atoms with E-state index < -0.39 is 0 Å². The maximum absolute atomic E-state index is 6.36. The fraction of sp³-hybridized carbons (Fsp3) is 0.250. The Morgan fingerprint density at radius 3 is 2.44 bits per heavy atom. The molecule has 0 saturated heterocycles. The summed E-state index contributed by atoms with van der Waals surface area (Å²) in [7, 11) is 2.17. The average molecular weight is 258 g/mol. The van der Waals surface area contributed by atoms with Crippen LogP contribution in [0.15, 0.2) is 48.5 Å². The molecule has 0 aliphatic carbocycles. The molecule has 92 valence electrons. The van der Waals surface area contributed by atoms with E-state index in [0.29, 0.717) is 0 Å². The van der Waals surface area contributed by atoms with Gasteiger partial charge in [0.2, 0.25) is 0 Å². The van der Waals surface area contributed by atoms with Crippen LogP contribution in [0.25, 0.3) is 0 Å². The van der Waals surface area contributed by atoms with E-state index in [2.05, 4.69) is 48.3 Å². The summed E-state index contributed by atoms with van der Waals surface area (Å²) in [6, 6.07) is 17.1. The van der Waals surface area contributed by atoms with Crippen LogP contribution in [-0.2, 0) is 6.42 Å². The zero-order valence-corrected chi connectivity index (χ0v) is 11.2. The normalized spacial score (nSPS) is 19.6. The Morgan fingerprint density at radius 1 is 1.00 bits per heavy atom. The molecule has 0 radical (unpaired) electrons. The van der Waals surface area contributed by atoms with Crippen molar-refractivity contribution in [2.24, 2.45) is 0 Å². The van der Waals surface area contributed by atoms with E-state index in [0.717, 1.165) is 18.0 Å². The third-order valence-electron chi connectivity index (χ3n) is 3.72. The summed E-state index contributed by atoms with van der Waals surface area (Å²) in [6.45, 7) is 1.08. The van der Waals surface area contributed by atoms with Crippen molar-refractivity contribution >= 4 is 11.6 Å². The second kappa shape index (κ2) is 4.75. The quantitative estimate of drug-likeness (QED) is 0.749. The van der Waals surface area contributed by atoms with Crippen LogP contribution in [-0.4, -0.2) is 18.5 Å². The van der Waals surface area contributed by atoms with Crippen LogP contribution in [0.5, 0.6) is 0 Å². The number of hydrogen-bond acceptors (Lipinski definition) is 1. The number of hydrogen-bond donors (Lipinski definition) is 0. The van der Waals surface area contributed by atoms with Crippen molar-refractivity contribution in [2.45, 2.75) is 12.5 Å². The summed E-state index contributed by atoms with van der Waals surface area (Å²) in [6.07, 6.45) is 1.12. The highest BCUT2D eigenvalue weighted by Crippen LogP contribution is 2.36. The van der Waals surface area contributed by atoms with Gasteiger partial charge < -0.3 is 0 Å². The van der Waals surface area contributed by atoms with Crippen molar-refractivity contribution in [3.63, 3.8) is 0 Å². The zero-order valence-electron chi connectivity index (χ0n) is 10.4. The maximum Gasteiger partial charge on any atom is 0.0616 e. The van der Waals surface area contributed by atoms with Gasteiger partial charge in [0.1, 0.15) is 0 Å². The van der Waals surface area contributed by atoms with Crippen molar-refractivity contribution in [2.75, 3.05) is 13.6 Å². The van der Waals surface area contributed by atoms with Gasteiger partial charge in [0.05, 0.1) is 6.04 Å². The molecule has 0 saturated carbocycles. The molecule has 2 heteroatoms. The average Bonchev–Trinajstić information content (AvgIpc) is 2.40. The van der Waals surface area contributed by atoms with E-state index in [4.69, 9.17) is 11.6 Å². The van der Waals surface area contributed by atoms with Crippen LogP contribution in [0.3, 0.4) is 0 Å². The summed E-state index contributed by atoms with van der Waals surface area (Å²) in [5.74, 6) is 0. The van der Waals surface area contributed by atoms with E-state index in [-0.39, 0.29) is 6.04 Å². The molecule has 2 aromatic rings. The molecule has 0 aromatic heterocycles. The number of fused-ring (bicyclic) bond motifs is 1. The highest BCUT2D eigenvalue weighted by atomic mass is 35.5. The first-order valence-corrected chi connectivity index (χ1v) is 6.67. The molecule has 2 aromatic carbocycles. The molecule has 1 aliphatic rings. The lowest BCUT2D eigenvalue weighted by atomic mass is 9.88. The number of halogens is 1. The standard InChI is InChI=1S/C16H16ClN/c1-18-11-10-12-6-2-3-7-13(12)16(18)14-8-4-5-9-15(14)17/h2-9,16H,10-11H2,1H3. The van der Waals surface area contributed by atoms with Crippen molar-refractivity contribution in [1.29, 1.82) is 0 Å². The Labute approximate surface area is 113 Å². The van der Waals surface area contributed by atoms with Gasteiger partial charge in [-0.1, -0.05) is 54.1 Å². The van der Waals surface area contributed by atoms with Gasteiger partial charge in [0.15, 0.2) is 0 Å². The lowest BCUT2D eigenvalue weighted by molar-refractivity contribution is 0.265. The summed E-state index contributed by atoms with van der Waals surface area (Å²) >= 11 is 6.36. The van der Waals surface area contributed by atoms with Gasteiger partial charge in [0.25, 0.3) is 0 Å². The Bertz CT molecular complexity index is 565. The molecule has 18 heavy (non-hydrogen) atoms. The van der Waals surface area contributed by atoms with Gasteiger partial charge in [-0.05, 0) is 36.2 Å². The summed E-state index contributed by atoms with van der Waals surface area (Å²) in [4.78, 5) is 2.38. The first-order valence-electron chi connectivity index (χ1n) is 6.30. The topological polar surface area (TPSA) is 3.24 Å². The Kier molecular flexibility index (Phi) is 3.11. The van der Waals surface area contributed by atoms with Gasteiger partial charge in [0, 0.05) is 11.6 Å². The molecule has 1 atom stereocenters. The first-order chi connectivity index (χ1) is 8.77.